The zero-order valence-corrected chi connectivity index (χ0v) is 13.1. The molecule has 3 nitrogen and oxygen atoms in total. The van der Waals surface area contributed by atoms with Crippen LogP contribution < -0.4 is 10.6 Å². The van der Waals surface area contributed by atoms with Gasteiger partial charge in [-0.2, -0.15) is 0 Å². The Morgan fingerprint density at radius 1 is 1.24 bits per heavy atom. The second-order valence-corrected chi connectivity index (χ2v) is 6.47. The maximum Gasteiger partial charge on any atom is 0.191 e. The van der Waals surface area contributed by atoms with Crippen molar-refractivity contribution in [2.45, 2.75) is 25.4 Å². The van der Waals surface area contributed by atoms with Gasteiger partial charge in [0, 0.05) is 18.0 Å². The zero-order chi connectivity index (χ0) is 14.5. The van der Waals surface area contributed by atoms with E-state index in [1.54, 1.807) is 11.3 Å². The van der Waals surface area contributed by atoms with Crippen molar-refractivity contribution in [1.29, 1.82) is 0 Å². The molecule has 1 aliphatic rings. The lowest BCUT2D eigenvalue weighted by Gasteiger charge is -2.11. The molecular formula is C17H21N3S. The third kappa shape index (κ3) is 4.08. The SMILES string of the molecule is CN=C(NCc1cccs1)NC1CC1Cc1ccccc1. The van der Waals surface area contributed by atoms with E-state index >= 15 is 0 Å². The van der Waals surface area contributed by atoms with E-state index in [0.717, 1.165) is 24.8 Å². The summed E-state index contributed by atoms with van der Waals surface area (Å²) in [5.74, 6) is 1.64. The van der Waals surface area contributed by atoms with Gasteiger partial charge in [0.2, 0.25) is 0 Å². The van der Waals surface area contributed by atoms with Gasteiger partial charge >= 0.3 is 0 Å². The summed E-state index contributed by atoms with van der Waals surface area (Å²) in [6, 6.07) is 15.5. The van der Waals surface area contributed by atoms with Gasteiger partial charge in [-0.05, 0) is 35.8 Å². The minimum Gasteiger partial charge on any atom is -0.353 e. The van der Waals surface area contributed by atoms with Crippen LogP contribution in [0.4, 0.5) is 0 Å². The summed E-state index contributed by atoms with van der Waals surface area (Å²) in [4.78, 5) is 5.64. The standard InChI is InChI=1S/C17H21N3S/c1-18-17(19-12-15-8-5-9-21-15)20-16-11-14(16)10-13-6-3-2-4-7-13/h2-9,14,16H,10-12H2,1H3,(H2,18,19,20). The summed E-state index contributed by atoms with van der Waals surface area (Å²) in [5, 5.41) is 8.99. The molecule has 3 rings (SSSR count). The van der Waals surface area contributed by atoms with E-state index in [1.165, 1.54) is 16.9 Å². The molecule has 0 bridgehead atoms. The third-order valence-corrected chi connectivity index (χ3v) is 4.70. The highest BCUT2D eigenvalue weighted by molar-refractivity contribution is 7.09. The zero-order valence-electron chi connectivity index (χ0n) is 12.3. The van der Waals surface area contributed by atoms with E-state index in [0.29, 0.717) is 6.04 Å². The third-order valence-electron chi connectivity index (χ3n) is 3.82. The van der Waals surface area contributed by atoms with Crippen LogP contribution in [0.2, 0.25) is 0 Å². The summed E-state index contributed by atoms with van der Waals surface area (Å²) in [7, 11) is 1.83. The van der Waals surface area contributed by atoms with Gasteiger partial charge in [0.1, 0.15) is 0 Å². The first kappa shape index (κ1) is 14.1. The Hall–Kier alpha value is -1.81. The van der Waals surface area contributed by atoms with Crippen molar-refractivity contribution in [2.24, 2.45) is 10.9 Å². The van der Waals surface area contributed by atoms with E-state index in [-0.39, 0.29) is 0 Å². The number of rotatable bonds is 5. The highest BCUT2D eigenvalue weighted by Gasteiger charge is 2.37. The molecule has 1 aliphatic carbocycles. The summed E-state index contributed by atoms with van der Waals surface area (Å²) in [5.41, 5.74) is 1.42. The summed E-state index contributed by atoms with van der Waals surface area (Å²) < 4.78 is 0. The highest BCUT2D eigenvalue weighted by atomic mass is 32.1. The van der Waals surface area contributed by atoms with Crippen molar-refractivity contribution in [3.63, 3.8) is 0 Å². The van der Waals surface area contributed by atoms with Gasteiger partial charge in [-0.3, -0.25) is 4.99 Å². The number of thiophene rings is 1. The molecule has 4 heteroatoms. The van der Waals surface area contributed by atoms with Crippen molar-refractivity contribution in [1.82, 2.24) is 10.6 Å². The van der Waals surface area contributed by atoms with Crippen LogP contribution in [0.25, 0.3) is 0 Å². The largest absolute Gasteiger partial charge is 0.353 e. The average Bonchev–Trinajstić information content (AvgIpc) is 3.02. The number of benzene rings is 1. The fraction of sp³-hybridized carbons (Fsp3) is 0.353. The number of nitrogens with one attached hydrogen (secondary N) is 2. The van der Waals surface area contributed by atoms with Crippen LogP contribution in [-0.4, -0.2) is 19.0 Å². The van der Waals surface area contributed by atoms with Gasteiger partial charge in [-0.15, -0.1) is 11.3 Å². The van der Waals surface area contributed by atoms with Gasteiger partial charge in [0.15, 0.2) is 5.96 Å². The highest BCUT2D eigenvalue weighted by Crippen LogP contribution is 2.33. The van der Waals surface area contributed by atoms with Crippen molar-refractivity contribution in [3.8, 4) is 0 Å². The van der Waals surface area contributed by atoms with E-state index in [2.05, 4.69) is 63.5 Å². The fourth-order valence-corrected chi connectivity index (χ4v) is 3.17. The van der Waals surface area contributed by atoms with Crippen LogP contribution in [0.1, 0.15) is 16.9 Å². The van der Waals surface area contributed by atoms with Crippen molar-refractivity contribution >= 4 is 17.3 Å². The molecule has 2 aromatic rings. The number of guanidine groups is 1. The van der Waals surface area contributed by atoms with Gasteiger partial charge < -0.3 is 10.6 Å². The molecule has 2 N–H and O–H groups in total. The summed E-state index contributed by atoms with van der Waals surface area (Å²) in [6.07, 6.45) is 2.38. The Labute approximate surface area is 130 Å². The Kier molecular flexibility index (Phi) is 4.55. The second-order valence-electron chi connectivity index (χ2n) is 5.44. The molecule has 0 saturated heterocycles. The molecule has 1 saturated carbocycles. The van der Waals surface area contributed by atoms with Gasteiger partial charge in [-0.25, -0.2) is 0 Å². The molecule has 110 valence electrons. The first-order valence-electron chi connectivity index (χ1n) is 7.38. The lowest BCUT2D eigenvalue weighted by Crippen LogP contribution is -2.38. The molecule has 21 heavy (non-hydrogen) atoms. The molecule has 2 atom stereocenters. The Morgan fingerprint density at radius 2 is 2.10 bits per heavy atom. The van der Waals surface area contributed by atoms with Crippen molar-refractivity contribution in [3.05, 3.63) is 58.3 Å². The van der Waals surface area contributed by atoms with Crippen LogP contribution in [0.15, 0.2) is 52.8 Å². The molecule has 0 spiro atoms. The van der Waals surface area contributed by atoms with Crippen LogP contribution in [0.3, 0.4) is 0 Å². The van der Waals surface area contributed by atoms with Crippen LogP contribution in [0.5, 0.6) is 0 Å². The monoisotopic (exact) mass is 299 g/mol. The Bertz CT molecular complexity index is 577. The summed E-state index contributed by atoms with van der Waals surface area (Å²) >= 11 is 1.77. The molecule has 0 aliphatic heterocycles. The minimum atomic E-state index is 0.555. The molecule has 1 aromatic heterocycles. The topological polar surface area (TPSA) is 36.4 Å². The average molecular weight is 299 g/mol. The van der Waals surface area contributed by atoms with E-state index < -0.39 is 0 Å². The maximum atomic E-state index is 4.31. The predicted octanol–water partition coefficient (Wildman–Crippen LogP) is 3.04. The predicted molar refractivity (Wildman–Crippen MR) is 89.7 cm³/mol. The summed E-state index contributed by atoms with van der Waals surface area (Å²) in [6.45, 7) is 0.841. The lowest BCUT2D eigenvalue weighted by molar-refractivity contribution is 0.722. The van der Waals surface area contributed by atoms with Gasteiger partial charge in [-0.1, -0.05) is 36.4 Å². The molecular weight excluding hydrogens is 278 g/mol. The number of aliphatic imine (C=N–C) groups is 1. The van der Waals surface area contributed by atoms with E-state index in [4.69, 9.17) is 0 Å². The lowest BCUT2D eigenvalue weighted by atomic mass is 10.1. The van der Waals surface area contributed by atoms with Crippen LogP contribution >= 0.6 is 11.3 Å². The molecule has 1 heterocycles. The minimum absolute atomic E-state index is 0.555. The Balaban J connectivity index is 1.44. The molecule has 1 aromatic carbocycles. The van der Waals surface area contributed by atoms with Crippen molar-refractivity contribution in [2.75, 3.05) is 7.05 Å². The Morgan fingerprint density at radius 3 is 2.81 bits per heavy atom. The van der Waals surface area contributed by atoms with Crippen LogP contribution in [-0.2, 0) is 13.0 Å². The number of nitrogens with zero attached hydrogens (tertiary/aromatic N) is 1. The van der Waals surface area contributed by atoms with E-state index in [1.807, 2.05) is 7.05 Å². The maximum absolute atomic E-state index is 4.31. The molecule has 0 amide bonds. The first-order valence-corrected chi connectivity index (χ1v) is 8.26. The normalized spacial score (nSPS) is 21.1. The van der Waals surface area contributed by atoms with Gasteiger partial charge in [0.05, 0.1) is 6.54 Å². The van der Waals surface area contributed by atoms with Crippen molar-refractivity contribution < 1.29 is 0 Å². The number of hydrogen-bond donors (Lipinski definition) is 2. The quantitative estimate of drug-likeness (QED) is 0.657. The molecule has 0 radical (unpaired) electrons. The second kappa shape index (κ2) is 6.76. The smallest absolute Gasteiger partial charge is 0.191 e. The molecule has 2 unspecified atom stereocenters. The van der Waals surface area contributed by atoms with Gasteiger partial charge in [0.25, 0.3) is 0 Å². The molecule has 1 fully saturated rings. The van der Waals surface area contributed by atoms with E-state index in [9.17, 15) is 0 Å². The first-order chi connectivity index (χ1) is 10.3. The van der Waals surface area contributed by atoms with Crippen LogP contribution in [0, 0.1) is 5.92 Å². The fourth-order valence-electron chi connectivity index (χ4n) is 2.52. The number of hydrogen-bond acceptors (Lipinski definition) is 2.